The Hall–Kier alpha value is -4.90. The van der Waals surface area contributed by atoms with Crippen LogP contribution in [0, 0.1) is 0 Å². The molecule has 1 aliphatic heterocycles. The van der Waals surface area contributed by atoms with E-state index in [1.54, 1.807) is 104 Å². The Kier molecular flexibility index (Phi) is 10.5. The van der Waals surface area contributed by atoms with E-state index in [0.717, 1.165) is 4.90 Å². The zero-order valence-electron chi connectivity index (χ0n) is 24.4. The van der Waals surface area contributed by atoms with E-state index in [9.17, 15) is 19.2 Å². The lowest BCUT2D eigenvalue weighted by molar-refractivity contribution is -0.119. The third-order valence-corrected chi connectivity index (χ3v) is 8.30. The minimum absolute atomic E-state index is 0.00111. The van der Waals surface area contributed by atoms with E-state index in [1.165, 1.54) is 22.8 Å². The molecule has 1 aliphatic rings. The summed E-state index contributed by atoms with van der Waals surface area (Å²) in [4.78, 5) is 52.3. The Labute approximate surface area is 279 Å². The number of hydrazone groups is 1. The number of carbonyl (C=O) groups excluding carboxylic acids is 4. The molecule has 0 aromatic heterocycles. The maximum absolute atomic E-state index is 13.4. The van der Waals surface area contributed by atoms with Gasteiger partial charge in [-0.05, 0) is 79.2 Å². The molecule has 4 amide bonds. The molecule has 1 heterocycles. The summed E-state index contributed by atoms with van der Waals surface area (Å²) in [5.41, 5.74) is 1.93. The van der Waals surface area contributed by atoms with Gasteiger partial charge >= 0.3 is 0 Å². The second kappa shape index (κ2) is 14.9. The Morgan fingerprint density at radius 2 is 1.57 bits per heavy atom. The first kappa shape index (κ1) is 32.5. The van der Waals surface area contributed by atoms with E-state index < -0.39 is 17.1 Å². The van der Waals surface area contributed by atoms with Crippen LogP contribution in [0.4, 0.5) is 11.4 Å². The molecule has 1 atom stereocenters. The monoisotopic (exact) mass is 671 g/mol. The van der Waals surface area contributed by atoms with Gasteiger partial charge < -0.3 is 16.0 Å². The van der Waals surface area contributed by atoms with Gasteiger partial charge in [-0.3, -0.25) is 19.2 Å². The van der Waals surface area contributed by atoms with E-state index >= 15 is 0 Å². The standard InChI is InChI=1S/C34H27Cl2N5O4S/c1-21(32(43)39-30-20-31(42)41(40-30)26-10-6-3-7-11-26)46-27-16-14-25(15-17-27)37-34(45)29(18-23-12-13-24(35)19-28(23)36)38-33(44)22-8-4-2-5-9-22/h2-19,21H,20H2,1H3,(H,37,45)(H,38,44)(H,39,40,43)/b29-18-. The normalized spacial score (nSPS) is 13.5. The number of halogens is 2. The highest BCUT2D eigenvalue weighted by molar-refractivity contribution is 8.00. The van der Waals surface area contributed by atoms with Gasteiger partial charge in [-0.1, -0.05) is 65.7 Å². The largest absolute Gasteiger partial charge is 0.321 e. The molecule has 0 saturated carbocycles. The lowest BCUT2D eigenvalue weighted by Crippen LogP contribution is -2.35. The molecule has 1 unspecified atom stereocenters. The number of amides is 4. The van der Waals surface area contributed by atoms with Crippen LogP contribution >= 0.6 is 35.0 Å². The van der Waals surface area contributed by atoms with Crippen molar-refractivity contribution < 1.29 is 19.2 Å². The predicted molar refractivity (Wildman–Crippen MR) is 183 cm³/mol. The molecule has 5 rings (SSSR count). The molecule has 4 aromatic carbocycles. The molecule has 3 N–H and O–H groups in total. The van der Waals surface area contributed by atoms with Crippen LogP contribution in [0.1, 0.15) is 29.3 Å². The zero-order valence-corrected chi connectivity index (χ0v) is 26.7. The number of rotatable bonds is 9. The zero-order chi connectivity index (χ0) is 32.6. The Morgan fingerprint density at radius 1 is 0.891 bits per heavy atom. The Morgan fingerprint density at radius 3 is 2.24 bits per heavy atom. The summed E-state index contributed by atoms with van der Waals surface area (Å²) >= 11 is 13.7. The molecule has 0 radical (unpaired) electrons. The molecule has 0 saturated heterocycles. The number of nitrogens with one attached hydrogen (secondary N) is 3. The molecule has 0 bridgehead atoms. The third-order valence-electron chi connectivity index (χ3n) is 6.63. The lowest BCUT2D eigenvalue weighted by Gasteiger charge is -2.13. The molecule has 0 fully saturated rings. The van der Waals surface area contributed by atoms with Crippen molar-refractivity contribution in [2.24, 2.45) is 5.10 Å². The minimum atomic E-state index is -0.570. The molecule has 0 aliphatic carbocycles. The van der Waals surface area contributed by atoms with Crippen molar-refractivity contribution in [1.82, 2.24) is 10.6 Å². The van der Waals surface area contributed by atoms with Crippen LogP contribution in [0.2, 0.25) is 10.0 Å². The number of nitrogens with zero attached hydrogens (tertiary/aromatic N) is 2. The van der Waals surface area contributed by atoms with Crippen LogP contribution in [0.5, 0.6) is 0 Å². The van der Waals surface area contributed by atoms with Gasteiger partial charge in [-0.25, -0.2) is 0 Å². The first-order valence-electron chi connectivity index (χ1n) is 14.0. The van der Waals surface area contributed by atoms with Gasteiger partial charge in [0.1, 0.15) is 11.5 Å². The van der Waals surface area contributed by atoms with Crippen molar-refractivity contribution in [3.63, 3.8) is 0 Å². The van der Waals surface area contributed by atoms with Crippen molar-refractivity contribution in [3.8, 4) is 0 Å². The first-order valence-corrected chi connectivity index (χ1v) is 15.7. The summed E-state index contributed by atoms with van der Waals surface area (Å²) < 4.78 is 0. The smallest absolute Gasteiger partial charge is 0.272 e. The fraction of sp³-hybridized carbons (Fsp3) is 0.0882. The second-order valence-electron chi connectivity index (χ2n) is 10.0. The number of hydrogen-bond donors (Lipinski definition) is 3. The molecule has 46 heavy (non-hydrogen) atoms. The van der Waals surface area contributed by atoms with E-state index in [0.29, 0.717) is 32.5 Å². The molecule has 9 nitrogen and oxygen atoms in total. The van der Waals surface area contributed by atoms with Crippen LogP contribution in [-0.2, 0) is 14.4 Å². The molecule has 4 aromatic rings. The van der Waals surface area contributed by atoms with Gasteiger partial charge in [0.05, 0.1) is 17.4 Å². The van der Waals surface area contributed by atoms with Gasteiger partial charge in [-0.15, -0.1) is 11.8 Å². The predicted octanol–water partition coefficient (Wildman–Crippen LogP) is 6.75. The molecule has 0 spiro atoms. The van der Waals surface area contributed by atoms with Crippen molar-refractivity contribution >= 4 is 81.9 Å². The van der Waals surface area contributed by atoms with Crippen LogP contribution in [0.25, 0.3) is 6.08 Å². The highest BCUT2D eigenvalue weighted by atomic mass is 35.5. The van der Waals surface area contributed by atoms with Crippen LogP contribution in [-0.4, -0.2) is 34.7 Å². The molecular weight excluding hydrogens is 645 g/mol. The topological polar surface area (TPSA) is 120 Å². The van der Waals surface area contributed by atoms with Gasteiger partial charge in [0, 0.05) is 26.2 Å². The average Bonchev–Trinajstić information content (AvgIpc) is 3.42. The number of carbonyl (C=O) groups is 4. The van der Waals surface area contributed by atoms with Crippen molar-refractivity contribution in [1.29, 1.82) is 0 Å². The van der Waals surface area contributed by atoms with E-state index in [2.05, 4.69) is 21.1 Å². The van der Waals surface area contributed by atoms with Gasteiger partial charge in [-0.2, -0.15) is 10.1 Å². The van der Waals surface area contributed by atoms with Crippen molar-refractivity contribution in [2.75, 3.05) is 10.3 Å². The van der Waals surface area contributed by atoms with E-state index in [-0.39, 0.29) is 29.8 Å². The first-order chi connectivity index (χ1) is 22.2. The van der Waals surface area contributed by atoms with Gasteiger partial charge in [0.25, 0.3) is 17.7 Å². The maximum Gasteiger partial charge on any atom is 0.272 e. The SMILES string of the molecule is CC(Sc1ccc(NC(=O)/C(=C/c2ccc(Cl)cc2Cl)NC(=O)c2ccccc2)cc1)C(=O)NC1=NN(c2ccccc2)C(=O)C1. The van der Waals surface area contributed by atoms with E-state index in [1.807, 2.05) is 6.07 Å². The fourth-order valence-electron chi connectivity index (χ4n) is 4.30. The summed E-state index contributed by atoms with van der Waals surface area (Å²) in [5, 5.41) is 14.0. The minimum Gasteiger partial charge on any atom is -0.321 e. The second-order valence-corrected chi connectivity index (χ2v) is 12.3. The van der Waals surface area contributed by atoms with Crippen molar-refractivity contribution in [3.05, 3.63) is 130 Å². The molecule has 232 valence electrons. The van der Waals surface area contributed by atoms with E-state index in [4.69, 9.17) is 23.2 Å². The molecule has 12 heteroatoms. The number of para-hydroxylation sites is 1. The number of amidine groups is 1. The summed E-state index contributed by atoms with van der Waals surface area (Å²) in [6.07, 6.45) is 1.47. The van der Waals surface area contributed by atoms with Crippen LogP contribution in [0.3, 0.4) is 0 Å². The Balaban J connectivity index is 1.22. The summed E-state index contributed by atoms with van der Waals surface area (Å²) in [6.45, 7) is 1.75. The fourth-order valence-corrected chi connectivity index (χ4v) is 5.63. The number of benzene rings is 4. The van der Waals surface area contributed by atoms with Gasteiger partial charge in [0.2, 0.25) is 5.91 Å². The summed E-state index contributed by atoms with van der Waals surface area (Å²) in [7, 11) is 0. The van der Waals surface area contributed by atoms with Gasteiger partial charge in [0.15, 0.2) is 0 Å². The Bertz CT molecular complexity index is 1830. The van der Waals surface area contributed by atoms with Crippen LogP contribution < -0.4 is 21.0 Å². The highest BCUT2D eigenvalue weighted by Gasteiger charge is 2.27. The number of thioether (sulfide) groups is 1. The summed E-state index contributed by atoms with van der Waals surface area (Å²) in [6, 6.07) is 29.2. The van der Waals surface area contributed by atoms with Crippen molar-refractivity contribution in [2.45, 2.75) is 23.5 Å². The third kappa shape index (κ3) is 8.42. The lowest BCUT2D eigenvalue weighted by atomic mass is 10.1. The average molecular weight is 673 g/mol. The quantitative estimate of drug-likeness (QED) is 0.134. The number of hydrogen-bond acceptors (Lipinski definition) is 6. The summed E-state index contributed by atoms with van der Waals surface area (Å²) in [5.74, 6) is -1.28. The number of anilines is 2. The molecular formula is C34H27Cl2N5O4S. The highest BCUT2D eigenvalue weighted by Crippen LogP contribution is 2.27. The van der Waals surface area contributed by atoms with Crippen LogP contribution in [0.15, 0.2) is 119 Å². The maximum atomic E-state index is 13.4.